The van der Waals surface area contributed by atoms with Gasteiger partial charge in [-0.15, -0.1) is 24.8 Å². The number of fused-ring (bicyclic) bond motifs is 1. The zero-order valence-corrected chi connectivity index (χ0v) is 18.1. The number of hydrogen-bond acceptors (Lipinski definition) is 4. The Morgan fingerprint density at radius 1 is 1.10 bits per heavy atom. The highest BCUT2D eigenvalue weighted by Gasteiger charge is 2.23. The van der Waals surface area contributed by atoms with E-state index in [1.165, 1.54) is 16.7 Å². The highest BCUT2D eigenvalue weighted by molar-refractivity contribution is 5.99. The Kier molecular flexibility index (Phi) is 8.78. The molecule has 1 atom stereocenters. The third-order valence-electron chi connectivity index (χ3n) is 5.59. The number of nitrogens with zero attached hydrogens (tertiary/aromatic N) is 1. The third-order valence-corrected chi connectivity index (χ3v) is 5.59. The van der Waals surface area contributed by atoms with Gasteiger partial charge in [0.25, 0.3) is 5.91 Å². The number of benzene rings is 2. The number of hydrogen-bond donors (Lipinski definition) is 2. The maximum absolute atomic E-state index is 12.0. The Labute approximate surface area is 184 Å². The summed E-state index contributed by atoms with van der Waals surface area (Å²) < 4.78 is 6.07. The van der Waals surface area contributed by atoms with Crippen LogP contribution in [-0.2, 0) is 17.6 Å². The third kappa shape index (κ3) is 5.23. The minimum absolute atomic E-state index is 0. The van der Waals surface area contributed by atoms with Crippen LogP contribution in [0.5, 0.6) is 0 Å². The first-order chi connectivity index (χ1) is 13.2. The van der Waals surface area contributed by atoms with Crippen molar-refractivity contribution in [3.8, 4) is 0 Å². The van der Waals surface area contributed by atoms with Gasteiger partial charge in [-0.3, -0.25) is 4.79 Å². The highest BCUT2D eigenvalue weighted by Crippen LogP contribution is 2.33. The molecule has 2 aromatic carbocycles. The molecule has 5 nitrogen and oxygen atoms in total. The molecule has 1 saturated heterocycles. The van der Waals surface area contributed by atoms with Crippen molar-refractivity contribution in [1.29, 1.82) is 0 Å². The van der Waals surface area contributed by atoms with E-state index >= 15 is 0 Å². The van der Waals surface area contributed by atoms with E-state index in [4.69, 9.17) is 10.5 Å². The van der Waals surface area contributed by atoms with Crippen molar-refractivity contribution in [3.63, 3.8) is 0 Å². The van der Waals surface area contributed by atoms with E-state index in [1.807, 2.05) is 12.1 Å². The maximum Gasteiger partial charge on any atom is 0.250 e. The van der Waals surface area contributed by atoms with Crippen molar-refractivity contribution in [3.05, 3.63) is 64.7 Å². The van der Waals surface area contributed by atoms with Gasteiger partial charge in [0.15, 0.2) is 0 Å². The van der Waals surface area contributed by atoms with Crippen LogP contribution < -0.4 is 16.0 Å². The van der Waals surface area contributed by atoms with Crippen molar-refractivity contribution in [2.75, 3.05) is 37.7 Å². The van der Waals surface area contributed by atoms with Gasteiger partial charge in [0.2, 0.25) is 0 Å². The number of halogens is 2. The normalized spacial score (nSPS) is 18.2. The lowest BCUT2D eigenvalue weighted by Crippen LogP contribution is -2.44. The van der Waals surface area contributed by atoms with Gasteiger partial charge in [-0.2, -0.15) is 0 Å². The first kappa shape index (κ1) is 23.5. The number of para-hydroxylation sites is 1. The lowest BCUT2D eigenvalue weighted by Gasteiger charge is -2.33. The number of anilines is 1. The second kappa shape index (κ2) is 10.8. The molecule has 2 aliphatic heterocycles. The van der Waals surface area contributed by atoms with Gasteiger partial charge in [-0.1, -0.05) is 36.4 Å². The number of piperazine rings is 1. The zero-order chi connectivity index (χ0) is 18.6. The molecule has 0 spiro atoms. The Balaban J connectivity index is 0.00000150. The summed E-state index contributed by atoms with van der Waals surface area (Å²) in [5.41, 5.74) is 11.2. The number of carbonyl (C=O) groups excluding carboxylic acids is 1. The maximum atomic E-state index is 12.0. The molecule has 0 radical (unpaired) electrons. The fourth-order valence-electron chi connectivity index (χ4n) is 4.26. The average Bonchev–Trinajstić information content (AvgIpc) is 2.72. The van der Waals surface area contributed by atoms with Crippen molar-refractivity contribution in [2.45, 2.75) is 25.4 Å². The van der Waals surface area contributed by atoms with Crippen LogP contribution in [-0.4, -0.2) is 38.7 Å². The lowest BCUT2D eigenvalue weighted by molar-refractivity contribution is 0.0368. The Hall–Kier alpha value is -1.79. The number of amides is 1. The predicted octanol–water partition coefficient (Wildman–Crippen LogP) is 3.29. The fourth-order valence-corrected chi connectivity index (χ4v) is 4.26. The molecule has 0 saturated carbocycles. The van der Waals surface area contributed by atoms with E-state index < -0.39 is 0 Å². The van der Waals surface area contributed by atoms with Crippen LogP contribution in [0.15, 0.2) is 42.5 Å². The Morgan fingerprint density at radius 2 is 1.86 bits per heavy atom. The molecule has 7 heteroatoms. The van der Waals surface area contributed by atoms with Crippen LogP contribution in [0.25, 0.3) is 0 Å². The molecule has 2 aliphatic rings. The summed E-state index contributed by atoms with van der Waals surface area (Å²) >= 11 is 0. The standard InChI is InChI=1S/C22H27N3O2.2ClH/c23-22(26)19-7-3-5-17(21(19)25-13-11-24-12-14-25)8-9-20-18-6-2-1-4-16(18)10-15-27-20;;/h1-7,20,24H,8-15H2,(H2,23,26);2*1H. The number of carbonyl (C=O) groups is 1. The molecular formula is C22H29Cl2N3O2. The molecule has 158 valence electrons. The highest BCUT2D eigenvalue weighted by atomic mass is 35.5. The number of nitrogens with one attached hydrogen (secondary N) is 1. The summed E-state index contributed by atoms with van der Waals surface area (Å²) in [5.74, 6) is -0.357. The number of primary amides is 1. The summed E-state index contributed by atoms with van der Waals surface area (Å²) in [7, 11) is 0. The van der Waals surface area contributed by atoms with E-state index in [9.17, 15) is 4.79 Å². The molecular weight excluding hydrogens is 409 g/mol. The van der Waals surface area contributed by atoms with E-state index in [0.717, 1.165) is 57.7 Å². The van der Waals surface area contributed by atoms with Crippen LogP contribution in [0.3, 0.4) is 0 Å². The van der Waals surface area contributed by atoms with Crippen molar-refractivity contribution >= 4 is 36.4 Å². The van der Waals surface area contributed by atoms with Gasteiger partial charge in [-0.05, 0) is 42.0 Å². The molecule has 2 heterocycles. The number of nitrogens with two attached hydrogens (primary N) is 1. The summed E-state index contributed by atoms with van der Waals surface area (Å²) in [6, 6.07) is 14.5. The minimum atomic E-state index is -0.357. The SMILES string of the molecule is Cl.Cl.NC(=O)c1cccc(CCC2OCCc3ccccc32)c1N1CCNCC1. The monoisotopic (exact) mass is 437 g/mol. The van der Waals surface area contributed by atoms with Crippen LogP contribution >= 0.6 is 24.8 Å². The molecule has 1 amide bonds. The molecule has 29 heavy (non-hydrogen) atoms. The van der Waals surface area contributed by atoms with Crippen LogP contribution in [0.1, 0.15) is 39.6 Å². The molecule has 0 bridgehead atoms. The van der Waals surface area contributed by atoms with E-state index in [2.05, 4.69) is 40.5 Å². The van der Waals surface area contributed by atoms with E-state index in [-0.39, 0.29) is 36.8 Å². The van der Waals surface area contributed by atoms with Gasteiger partial charge >= 0.3 is 0 Å². The summed E-state index contributed by atoms with van der Waals surface area (Å²) in [6.45, 7) is 4.39. The zero-order valence-electron chi connectivity index (χ0n) is 16.4. The van der Waals surface area contributed by atoms with Crippen LogP contribution in [0.4, 0.5) is 5.69 Å². The number of aryl methyl sites for hydroxylation is 1. The van der Waals surface area contributed by atoms with E-state index in [0.29, 0.717) is 5.56 Å². The van der Waals surface area contributed by atoms with Crippen molar-refractivity contribution in [1.82, 2.24) is 5.32 Å². The summed E-state index contributed by atoms with van der Waals surface area (Å²) in [4.78, 5) is 14.3. The summed E-state index contributed by atoms with van der Waals surface area (Å²) in [5, 5.41) is 3.37. The molecule has 0 aromatic heterocycles. The smallest absolute Gasteiger partial charge is 0.250 e. The fraction of sp³-hybridized carbons (Fsp3) is 0.409. The van der Waals surface area contributed by atoms with Crippen LogP contribution in [0, 0.1) is 0 Å². The first-order valence-electron chi connectivity index (χ1n) is 9.81. The van der Waals surface area contributed by atoms with Crippen LogP contribution in [0.2, 0.25) is 0 Å². The Morgan fingerprint density at radius 3 is 2.62 bits per heavy atom. The van der Waals surface area contributed by atoms with Crippen molar-refractivity contribution < 1.29 is 9.53 Å². The second-order valence-corrected chi connectivity index (χ2v) is 7.26. The topological polar surface area (TPSA) is 67.6 Å². The number of rotatable bonds is 5. The molecule has 2 aromatic rings. The minimum Gasteiger partial charge on any atom is -0.373 e. The van der Waals surface area contributed by atoms with Gasteiger partial charge in [0, 0.05) is 26.2 Å². The second-order valence-electron chi connectivity index (χ2n) is 7.26. The van der Waals surface area contributed by atoms with Gasteiger partial charge in [-0.25, -0.2) is 0 Å². The lowest BCUT2D eigenvalue weighted by atomic mass is 9.92. The quantitative estimate of drug-likeness (QED) is 0.752. The largest absolute Gasteiger partial charge is 0.373 e. The predicted molar refractivity (Wildman–Crippen MR) is 122 cm³/mol. The molecule has 1 fully saturated rings. The number of ether oxygens (including phenoxy) is 1. The first-order valence-corrected chi connectivity index (χ1v) is 9.81. The van der Waals surface area contributed by atoms with Gasteiger partial charge in [0.1, 0.15) is 0 Å². The summed E-state index contributed by atoms with van der Waals surface area (Å²) in [6.07, 6.45) is 2.86. The van der Waals surface area contributed by atoms with E-state index in [1.54, 1.807) is 0 Å². The Bertz CT molecular complexity index is 825. The molecule has 0 aliphatic carbocycles. The van der Waals surface area contributed by atoms with Gasteiger partial charge in [0.05, 0.1) is 24.0 Å². The molecule has 4 rings (SSSR count). The molecule has 1 unspecified atom stereocenters. The van der Waals surface area contributed by atoms with Gasteiger partial charge < -0.3 is 20.7 Å². The average molecular weight is 438 g/mol. The van der Waals surface area contributed by atoms with Crippen molar-refractivity contribution in [2.24, 2.45) is 5.73 Å². The molecule has 3 N–H and O–H groups in total.